The van der Waals surface area contributed by atoms with Crippen molar-refractivity contribution in [3.63, 3.8) is 0 Å². The molecule has 0 atom stereocenters. The van der Waals surface area contributed by atoms with Crippen molar-refractivity contribution in [3.05, 3.63) is 0 Å². The predicted octanol–water partition coefficient (Wildman–Crippen LogP) is 5.32. The van der Waals surface area contributed by atoms with Crippen LogP contribution in [0.2, 0.25) is 0 Å². The molecular formula is C28H55N3O4. The Bertz CT molecular complexity index is 542. The highest BCUT2D eigenvalue weighted by molar-refractivity contribution is 5.77. The highest BCUT2D eigenvalue weighted by atomic mass is 16.5. The fourth-order valence-electron chi connectivity index (χ4n) is 3.98. The smallest absolute Gasteiger partial charge is 0.224 e. The molecule has 1 N–H and O–H groups in total. The number of unbranched alkanes of at least 4 members (excludes halogenated alkanes) is 11. The van der Waals surface area contributed by atoms with Crippen molar-refractivity contribution in [3.8, 4) is 0 Å². The van der Waals surface area contributed by atoms with E-state index in [9.17, 15) is 14.4 Å². The molecule has 0 spiro atoms. The van der Waals surface area contributed by atoms with Crippen LogP contribution in [0.1, 0.15) is 117 Å². The van der Waals surface area contributed by atoms with Crippen LogP contribution >= 0.6 is 0 Å². The van der Waals surface area contributed by atoms with Crippen LogP contribution < -0.4 is 5.32 Å². The summed E-state index contributed by atoms with van der Waals surface area (Å²) in [6.45, 7) is 8.84. The maximum atomic E-state index is 12.3. The molecule has 0 aliphatic heterocycles. The molecule has 7 heteroatoms. The molecule has 0 saturated heterocycles. The Kier molecular flexibility index (Phi) is 23.0. The minimum Gasteiger partial charge on any atom is -0.379 e. The Balaban J connectivity index is 3.74. The first-order valence-corrected chi connectivity index (χ1v) is 14.3. The first kappa shape index (κ1) is 33.4. The Hall–Kier alpha value is -1.63. The molecule has 0 radical (unpaired) electrons. The van der Waals surface area contributed by atoms with E-state index in [2.05, 4.69) is 12.2 Å². The summed E-state index contributed by atoms with van der Waals surface area (Å²) >= 11 is 0. The minimum atomic E-state index is -0.0173. The van der Waals surface area contributed by atoms with Gasteiger partial charge in [-0.2, -0.15) is 0 Å². The van der Waals surface area contributed by atoms with Crippen molar-refractivity contribution in [1.82, 2.24) is 15.1 Å². The van der Waals surface area contributed by atoms with Gasteiger partial charge in [0.1, 0.15) is 0 Å². The predicted molar refractivity (Wildman–Crippen MR) is 144 cm³/mol. The number of nitrogens with one attached hydrogen (secondary N) is 1. The summed E-state index contributed by atoms with van der Waals surface area (Å²) in [5.41, 5.74) is 0. The van der Waals surface area contributed by atoms with E-state index in [0.717, 1.165) is 13.0 Å². The first-order chi connectivity index (χ1) is 17.0. The maximum absolute atomic E-state index is 12.3. The zero-order valence-corrected chi connectivity index (χ0v) is 23.4. The summed E-state index contributed by atoms with van der Waals surface area (Å²) in [6, 6.07) is 0. The van der Waals surface area contributed by atoms with Crippen molar-refractivity contribution >= 4 is 17.7 Å². The molecule has 7 nitrogen and oxygen atoms in total. The van der Waals surface area contributed by atoms with Crippen LogP contribution in [0, 0.1) is 0 Å². The quantitative estimate of drug-likeness (QED) is 0.183. The number of ether oxygens (including phenoxy) is 1. The molecule has 0 aliphatic rings. The van der Waals surface area contributed by atoms with Gasteiger partial charge in [0.25, 0.3) is 0 Å². The topological polar surface area (TPSA) is 79.0 Å². The molecule has 35 heavy (non-hydrogen) atoms. The molecule has 0 aromatic heterocycles. The van der Waals surface area contributed by atoms with Crippen molar-refractivity contribution in [2.45, 2.75) is 117 Å². The van der Waals surface area contributed by atoms with Crippen LogP contribution in [-0.4, -0.2) is 74.0 Å². The summed E-state index contributed by atoms with van der Waals surface area (Å²) in [7, 11) is 1.87. The highest BCUT2D eigenvalue weighted by Gasteiger charge is 2.12. The van der Waals surface area contributed by atoms with Gasteiger partial charge in [0, 0.05) is 46.1 Å². The van der Waals surface area contributed by atoms with Crippen molar-refractivity contribution in [1.29, 1.82) is 0 Å². The van der Waals surface area contributed by atoms with Crippen LogP contribution in [0.15, 0.2) is 0 Å². The molecule has 0 aromatic rings. The molecular weight excluding hydrogens is 442 g/mol. The minimum absolute atomic E-state index is 0.0173. The lowest BCUT2D eigenvalue weighted by atomic mass is 10.1. The van der Waals surface area contributed by atoms with Crippen LogP contribution in [0.25, 0.3) is 0 Å². The van der Waals surface area contributed by atoms with Gasteiger partial charge in [-0.1, -0.05) is 91.4 Å². The third-order valence-corrected chi connectivity index (χ3v) is 6.42. The van der Waals surface area contributed by atoms with E-state index in [1.54, 1.807) is 11.8 Å². The van der Waals surface area contributed by atoms with Gasteiger partial charge < -0.3 is 19.9 Å². The maximum Gasteiger partial charge on any atom is 0.224 e. The van der Waals surface area contributed by atoms with Crippen LogP contribution in [0.5, 0.6) is 0 Å². The molecule has 0 aromatic carbocycles. The third-order valence-electron chi connectivity index (χ3n) is 6.42. The van der Waals surface area contributed by atoms with Gasteiger partial charge in [-0.3, -0.25) is 14.4 Å². The Morgan fingerprint density at radius 2 is 1.23 bits per heavy atom. The fourth-order valence-corrected chi connectivity index (χ4v) is 3.98. The van der Waals surface area contributed by atoms with Gasteiger partial charge >= 0.3 is 0 Å². The molecule has 206 valence electrons. The fraction of sp³-hybridized carbons (Fsp3) is 0.893. The van der Waals surface area contributed by atoms with E-state index in [1.807, 2.05) is 18.9 Å². The summed E-state index contributed by atoms with van der Waals surface area (Å²) in [6.07, 6.45) is 17.0. The first-order valence-electron chi connectivity index (χ1n) is 14.3. The standard InChI is InChI=1S/C28H55N3O4/c1-5-8-9-10-11-12-13-14-15-16-17-18-21-30(4)28(34)19-24-35-25-23-31(27(33)7-3)22-20-29-26(32)6-2/h5-25H2,1-4H3,(H,29,32). The zero-order valence-electron chi connectivity index (χ0n) is 23.4. The third kappa shape index (κ3) is 20.3. The Morgan fingerprint density at radius 3 is 1.77 bits per heavy atom. The molecule has 0 bridgehead atoms. The molecule has 0 heterocycles. The van der Waals surface area contributed by atoms with Gasteiger partial charge in [-0.25, -0.2) is 0 Å². The summed E-state index contributed by atoms with van der Waals surface area (Å²) in [4.78, 5) is 39.2. The number of amides is 3. The largest absolute Gasteiger partial charge is 0.379 e. The SMILES string of the molecule is CCCCCCCCCCCCCCN(C)C(=O)CCOCCN(CCNC(=O)CC)C(=O)CC. The molecule has 0 aliphatic carbocycles. The summed E-state index contributed by atoms with van der Waals surface area (Å²) in [5, 5.41) is 2.79. The van der Waals surface area contributed by atoms with E-state index < -0.39 is 0 Å². The van der Waals surface area contributed by atoms with Gasteiger partial charge in [0.2, 0.25) is 17.7 Å². The highest BCUT2D eigenvalue weighted by Crippen LogP contribution is 2.12. The Labute approximate surface area is 215 Å². The molecule has 0 saturated carbocycles. The van der Waals surface area contributed by atoms with E-state index in [4.69, 9.17) is 4.74 Å². The van der Waals surface area contributed by atoms with Gasteiger partial charge in [0.15, 0.2) is 0 Å². The number of nitrogens with zero attached hydrogens (tertiary/aromatic N) is 2. The second-order valence-electron chi connectivity index (χ2n) is 9.50. The van der Waals surface area contributed by atoms with Gasteiger partial charge in [-0.15, -0.1) is 0 Å². The van der Waals surface area contributed by atoms with Gasteiger partial charge in [0.05, 0.1) is 19.6 Å². The lowest BCUT2D eigenvalue weighted by molar-refractivity contribution is -0.133. The van der Waals surface area contributed by atoms with Crippen LogP contribution in [0.4, 0.5) is 0 Å². The normalized spacial score (nSPS) is 10.9. The number of rotatable bonds is 24. The average Bonchev–Trinajstić information content (AvgIpc) is 2.86. The number of carbonyl (C=O) groups excluding carboxylic acids is 3. The van der Waals surface area contributed by atoms with E-state index in [0.29, 0.717) is 52.1 Å². The van der Waals surface area contributed by atoms with Crippen LogP contribution in [-0.2, 0) is 19.1 Å². The lowest BCUT2D eigenvalue weighted by Gasteiger charge is -2.22. The van der Waals surface area contributed by atoms with E-state index in [-0.39, 0.29) is 17.7 Å². The molecule has 0 fully saturated rings. The summed E-state index contributed by atoms with van der Waals surface area (Å²) < 4.78 is 5.62. The van der Waals surface area contributed by atoms with Crippen molar-refractivity contribution < 1.29 is 19.1 Å². The second-order valence-corrected chi connectivity index (χ2v) is 9.50. The monoisotopic (exact) mass is 497 g/mol. The van der Waals surface area contributed by atoms with Crippen molar-refractivity contribution in [2.24, 2.45) is 0 Å². The number of hydrogen-bond donors (Lipinski definition) is 1. The molecule has 0 rings (SSSR count). The molecule has 0 unspecified atom stereocenters. The zero-order chi connectivity index (χ0) is 26.2. The average molecular weight is 498 g/mol. The van der Waals surface area contributed by atoms with Gasteiger partial charge in [-0.05, 0) is 6.42 Å². The van der Waals surface area contributed by atoms with E-state index >= 15 is 0 Å². The van der Waals surface area contributed by atoms with E-state index in [1.165, 1.54) is 70.6 Å². The Morgan fingerprint density at radius 1 is 0.657 bits per heavy atom. The number of carbonyl (C=O) groups is 3. The number of hydrogen-bond acceptors (Lipinski definition) is 4. The lowest BCUT2D eigenvalue weighted by Crippen LogP contribution is -2.40. The van der Waals surface area contributed by atoms with Crippen molar-refractivity contribution in [2.75, 3.05) is 46.4 Å². The summed E-state index contributed by atoms with van der Waals surface area (Å²) in [5.74, 6) is 0.130. The second kappa shape index (κ2) is 24.1. The molecule has 3 amide bonds. The van der Waals surface area contributed by atoms with Crippen LogP contribution in [0.3, 0.4) is 0 Å².